The number of ether oxygens (including phenoxy) is 1. The molecule has 1 aliphatic rings. The molecule has 8 heteroatoms. The van der Waals surface area contributed by atoms with Gasteiger partial charge in [0.1, 0.15) is 5.82 Å². The zero-order valence-electron chi connectivity index (χ0n) is 14.2. The number of amides is 2. The number of hydrogen-bond donors (Lipinski definition) is 1. The highest BCUT2D eigenvalue weighted by molar-refractivity contribution is 6.33. The number of anilines is 2. The Morgan fingerprint density at radius 1 is 1.19 bits per heavy atom. The fourth-order valence-corrected chi connectivity index (χ4v) is 3.01. The van der Waals surface area contributed by atoms with Crippen LogP contribution in [0.25, 0.3) is 0 Å². The van der Waals surface area contributed by atoms with Crippen molar-refractivity contribution < 1.29 is 23.5 Å². The van der Waals surface area contributed by atoms with Crippen LogP contribution < -0.4 is 10.2 Å². The van der Waals surface area contributed by atoms with E-state index in [2.05, 4.69) is 5.32 Å². The van der Waals surface area contributed by atoms with Crippen LogP contribution in [-0.4, -0.2) is 30.9 Å². The Morgan fingerprint density at radius 3 is 2.63 bits per heavy atom. The summed E-state index contributed by atoms with van der Waals surface area (Å²) >= 11 is 6.10. The first-order chi connectivity index (χ1) is 13.0. The van der Waals surface area contributed by atoms with Gasteiger partial charge in [-0.15, -0.1) is 0 Å². The van der Waals surface area contributed by atoms with Crippen molar-refractivity contribution in [3.05, 3.63) is 59.4 Å². The quantitative estimate of drug-likeness (QED) is 0.796. The SMILES string of the molecule is O=C(COC(=O)[C@@H]1CC(=O)N(c2ccccc2Cl)C1)Nc1ccccc1F. The van der Waals surface area contributed by atoms with Crippen LogP contribution in [0.1, 0.15) is 6.42 Å². The van der Waals surface area contributed by atoms with Gasteiger partial charge < -0.3 is 15.0 Å². The molecule has 27 heavy (non-hydrogen) atoms. The molecule has 2 aromatic rings. The summed E-state index contributed by atoms with van der Waals surface area (Å²) in [5.74, 6) is -2.87. The Bertz CT molecular complexity index is 890. The van der Waals surface area contributed by atoms with Crippen molar-refractivity contribution in [2.45, 2.75) is 6.42 Å². The first kappa shape index (κ1) is 18.8. The summed E-state index contributed by atoms with van der Waals surface area (Å²) in [6.07, 6.45) is -0.0288. The molecule has 0 aliphatic carbocycles. The maximum atomic E-state index is 13.5. The van der Waals surface area contributed by atoms with E-state index in [1.54, 1.807) is 30.3 Å². The summed E-state index contributed by atoms with van der Waals surface area (Å²) in [4.78, 5) is 37.6. The second kappa shape index (κ2) is 8.18. The van der Waals surface area contributed by atoms with Gasteiger partial charge in [0.2, 0.25) is 5.91 Å². The van der Waals surface area contributed by atoms with Crippen molar-refractivity contribution in [1.82, 2.24) is 0 Å². The van der Waals surface area contributed by atoms with E-state index in [-0.39, 0.29) is 24.6 Å². The van der Waals surface area contributed by atoms with Gasteiger partial charge in [-0.3, -0.25) is 14.4 Å². The summed E-state index contributed by atoms with van der Waals surface area (Å²) in [5.41, 5.74) is 0.524. The molecule has 3 rings (SSSR count). The van der Waals surface area contributed by atoms with Crippen molar-refractivity contribution in [2.24, 2.45) is 5.92 Å². The number of hydrogen-bond acceptors (Lipinski definition) is 4. The highest BCUT2D eigenvalue weighted by atomic mass is 35.5. The molecule has 0 unspecified atom stereocenters. The summed E-state index contributed by atoms with van der Waals surface area (Å²) in [7, 11) is 0. The van der Waals surface area contributed by atoms with Crippen molar-refractivity contribution >= 4 is 40.8 Å². The van der Waals surface area contributed by atoms with E-state index >= 15 is 0 Å². The summed E-state index contributed by atoms with van der Waals surface area (Å²) in [6, 6.07) is 12.5. The molecule has 0 aromatic heterocycles. The van der Waals surface area contributed by atoms with E-state index < -0.39 is 30.2 Å². The molecule has 0 radical (unpaired) electrons. The maximum Gasteiger partial charge on any atom is 0.311 e. The van der Waals surface area contributed by atoms with Gasteiger partial charge in [0.05, 0.1) is 22.3 Å². The zero-order valence-corrected chi connectivity index (χ0v) is 14.9. The zero-order chi connectivity index (χ0) is 19.4. The molecule has 2 aromatic carbocycles. The van der Waals surface area contributed by atoms with Gasteiger partial charge in [0.15, 0.2) is 6.61 Å². The van der Waals surface area contributed by atoms with Gasteiger partial charge in [-0.05, 0) is 24.3 Å². The lowest BCUT2D eigenvalue weighted by molar-refractivity contribution is -0.151. The molecule has 1 aliphatic heterocycles. The number of carbonyl (C=O) groups is 3. The number of rotatable bonds is 5. The molecular formula is C19H16ClFN2O4. The maximum absolute atomic E-state index is 13.5. The topological polar surface area (TPSA) is 75.7 Å². The van der Waals surface area contributed by atoms with E-state index in [4.69, 9.17) is 16.3 Å². The number of nitrogens with one attached hydrogen (secondary N) is 1. The number of nitrogens with zero attached hydrogens (tertiary/aromatic N) is 1. The predicted molar refractivity (Wildman–Crippen MR) is 97.9 cm³/mol. The molecule has 0 spiro atoms. The molecule has 1 atom stereocenters. The van der Waals surface area contributed by atoms with Gasteiger partial charge in [-0.2, -0.15) is 0 Å². The van der Waals surface area contributed by atoms with Crippen LogP contribution in [0, 0.1) is 11.7 Å². The number of benzene rings is 2. The third kappa shape index (κ3) is 4.43. The van der Waals surface area contributed by atoms with Gasteiger partial charge in [0.25, 0.3) is 5.91 Å². The standard InChI is InChI=1S/C19H16ClFN2O4/c20-13-5-1-4-8-16(13)23-10-12(9-18(23)25)19(26)27-11-17(24)22-15-7-3-2-6-14(15)21/h1-8,12H,9-11H2,(H,22,24)/t12-/m1/s1. The molecule has 6 nitrogen and oxygen atoms in total. The van der Waals surface area contributed by atoms with E-state index in [1.807, 2.05) is 0 Å². The molecule has 1 N–H and O–H groups in total. The van der Waals surface area contributed by atoms with Gasteiger partial charge in [-0.1, -0.05) is 35.9 Å². The first-order valence-electron chi connectivity index (χ1n) is 8.21. The second-order valence-electron chi connectivity index (χ2n) is 5.99. The van der Waals surface area contributed by atoms with Crippen LogP contribution in [0.2, 0.25) is 5.02 Å². The van der Waals surface area contributed by atoms with E-state index in [0.29, 0.717) is 10.7 Å². The molecule has 140 valence electrons. The van der Waals surface area contributed by atoms with Crippen molar-refractivity contribution in [2.75, 3.05) is 23.4 Å². The first-order valence-corrected chi connectivity index (χ1v) is 8.59. The Labute approximate surface area is 159 Å². The van der Waals surface area contributed by atoms with Crippen LogP contribution in [0.15, 0.2) is 48.5 Å². The highest BCUT2D eigenvalue weighted by Crippen LogP contribution is 2.31. The Balaban J connectivity index is 1.54. The third-order valence-electron chi connectivity index (χ3n) is 4.10. The smallest absolute Gasteiger partial charge is 0.311 e. The highest BCUT2D eigenvalue weighted by Gasteiger charge is 2.37. The monoisotopic (exact) mass is 390 g/mol. The normalized spacial score (nSPS) is 16.3. The van der Waals surface area contributed by atoms with Crippen LogP contribution in [0.5, 0.6) is 0 Å². The van der Waals surface area contributed by atoms with Crippen molar-refractivity contribution in [3.63, 3.8) is 0 Å². The molecule has 1 heterocycles. The van der Waals surface area contributed by atoms with Crippen molar-refractivity contribution in [1.29, 1.82) is 0 Å². The lowest BCUT2D eigenvalue weighted by Crippen LogP contribution is -2.28. The molecule has 0 saturated carbocycles. The Hall–Kier alpha value is -2.93. The second-order valence-corrected chi connectivity index (χ2v) is 6.40. The van der Waals surface area contributed by atoms with E-state index in [0.717, 1.165) is 0 Å². The molecule has 1 fully saturated rings. The van der Waals surface area contributed by atoms with Crippen LogP contribution in [-0.2, 0) is 19.1 Å². The minimum absolute atomic E-state index is 0.000474. The fraction of sp³-hybridized carbons (Fsp3) is 0.211. The fourth-order valence-electron chi connectivity index (χ4n) is 2.77. The lowest BCUT2D eigenvalue weighted by atomic mass is 10.1. The lowest BCUT2D eigenvalue weighted by Gasteiger charge is -2.17. The predicted octanol–water partition coefficient (Wildman–Crippen LogP) is 3.01. The minimum Gasteiger partial charge on any atom is -0.455 e. The van der Waals surface area contributed by atoms with Gasteiger partial charge >= 0.3 is 5.97 Å². The molecule has 2 amide bonds. The van der Waals surface area contributed by atoms with Crippen molar-refractivity contribution in [3.8, 4) is 0 Å². The third-order valence-corrected chi connectivity index (χ3v) is 4.41. The number of carbonyl (C=O) groups excluding carboxylic acids is 3. The van der Waals surface area contributed by atoms with Crippen LogP contribution in [0.3, 0.4) is 0 Å². The van der Waals surface area contributed by atoms with Gasteiger partial charge in [0, 0.05) is 13.0 Å². The van der Waals surface area contributed by atoms with Crippen LogP contribution in [0.4, 0.5) is 15.8 Å². The van der Waals surface area contributed by atoms with Gasteiger partial charge in [-0.25, -0.2) is 4.39 Å². The summed E-state index contributed by atoms with van der Waals surface area (Å²) in [5, 5.41) is 2.73. The number of esters is 1. The summed E-state index contributed by atoms with van der Waals surface area (Å²) in [6.45, 7) is -0.444. The molecule has 1 saturated heterocycles. The van der Waals surface area contributed by atoms with E-state index in [9.17, 15) is 18.8 Å². The molecule has 0 bridgehead atoms. The number of halogens is 2. The summed E-state index contributed by atoms with van der Waals surface area (Å²) < 4.78 is 18.5. The Kier molecular flexibility index (Phi) is 5.71. The minimum atomic E-state index is -0.699. The Morgan fingerprint density at radius 2 is 1.89 bits per heavy atom. The molecular weight excluding hydrogens is 375 g/mol. The van der Waals surface area contributed by atoms with Crippen LogP contribution >= 0.6 is 11.6 Å². The van der Waals surface area contributed by atoms with E-state index in [1.165, 1.54) is 23.1 Å². The number of para-hydroxylation sites is 2. The largest absolute Gasteiger partial charge is 0.455 e. The average Bonchev–Trinajstić information content (AvgIpc) is 3.04. The average molecular weight is 391 g/mol.